The van der Waals surface area contributed by atoms with Gasteiger partial charge in [-0.05, 0) is 18.1 Å². The summed E-state index contributed by atoms with van der Waals surface area (Å²) in [6, 6.07) is 5.09. The topological polar surface area (TPSA) is 35.2 Å². The molecule has 14 heavy (non-hydrogen) atoms. The lowest BCUT2D eigenvalue weighted by atomic mass is 10.0. The first kappa shape index (κ1) is 9.21. The maximum atomic E-state index is 13.6. The third-order valence-corrected chi connectivity index (χ3v) is 2.34. The summed E-state index contributed by atoms with van der Waals surface area (Å²) in [5.74, 6) is -0.319. The maximum Gasteiger partial charge on any atom is 0.153 e. The molecule has 1 aromatic carbocycles. The minimum absolute atomic E-state index is 0.204. The van der Waals surface area contributed by atoms with E-state index in [0.717, 1.165) is 12.0 Å². The van der Waals surface area contributed by atoms with Crippen molar-refractivity contribution in [3.05, 3.63) is 35.7 Å². The Morgan fingerprint density at radius 1 is 1.36 bits per heavy atom. The van der Waals surface area contributed by atoms with Gasteiger partial charge < -0.3 is 10.5 Å². The summed E-state index contributed by atoms with van der Waals surface area (Å²) in [5.41, 5.74) is 7.29. The van der Waals surface area contributed by atoms with Gasteiger partial charge in [0.05, 0.1) is 18.9 Å². The van der Waals surface area contributed by atoms with Crippen molar-refractivity contribution in [2.75, 3.05) is 18.9 Å². The molecule has 0 aromatic heterocycles. The minimum atomic E-state index is -0.319. The molecule has 0 saturated heterocycles. The molecule has 2 nitrogen and oxygen atoms in total. The van der Waals surface area contributed by atoms with Crippen LogP contribution in [-0.4, -0.2) is 13.2 Å². The number of ether oxygens (including phenoxy) is 1. The molecule has 1 aromatic rings. The van der Waals surface area contributed by atoms with Crippen LogP contribution in [0.5, 0.6) is 0 Å². The lowest BCUT2D eigenvalue weighted by Gasteiger charge is -2.14. The van der Waals surface area contributed by atoms with Crippen LogP contribution in [0.2, 0.25) is 0 Å². The molecule has 0 amide bonds. The van der Waals surface area contributed by atoms with Crippen LogP contribution in [0.15, 0.2) is 24.3 Å². The van der Waals surface area contributed by atoms with E-state index in [0.29, 0.717) is 18.8 Å². The van der Waals surface area contributed by atoms with E-state index < -0.39 is 0 Å². The van der Waals surface area contributed by atoms with Crippen molar-refractivity contribution in [1.29, 1.82) is 0 Å². The van der Waals surface area contributed by atoms with Gasteiger partial charge in [-0.15, -0.1) is 0 Å². The number of hydrogen-bond acceptors (Lipinski definition) is 2. The third kappa shape index (κ3) is 1.63. The second-order valence-electron chi connectivity index (χ2n) is 3.26. The van der Waals surface area contributed by atoms with Gasteiger partial charge in [0.25, 0.3) is 0 Å². The predicted molar refractivity (Wildman–Crippen MR) is 54.2 cm³/mol. The number of anilines is 1. The van der Waals surface area contributed by atoms with Crippen LogP contribution in [0.4, 0.5) is 10.1 Å². The van der Waals surface area contributed by atoms with Gasteiger partial charge in [-0.25, -0.2) is 4.39 Å². The second kappa shape index (κ2) is 3.80. The first-order valence-corrected chi connectivity index (χ1v) is 4.60. The Hall–Kier alpha value is -1.35. The highest BCUT2D eigenvalue weighted by atomic mass is 19.1. The fourth-order valence-corrected chi connectivity index (χ4v) is 1.57. The van der Waals surface area contributed by atoms with E-state index in [1.165, 1.54) is 0 Å². The molecule has 0 radical (unpaired) electrons. The van der Waals surface area contributed by atoms with Crippen LogP contribution >= 0.6 is 0 Å². The van der Waals surface area contributed by atoms with Crippen molar-refractivity contribution < 1.29 is 9.13 Å². The lowest BCUT2D eigenvalue weighted by Crippen LogP contribution is -2.05. The number of benzene rings is 1. The van der Waals surface area contributed by atoms with Gasteiger partial charge >= 0.3 is 0 Å². The largest absolute Gasteiger partial charge is 0.396 e. The number of halogens is 1. The lowest BCUT2D eigenvalue weighted by molar-refractivity contribution is 0.161. The third-order valence-electron chi connectivity index (χ3n) is 2.34. The summed E-state index contributed by atoms with van der Waals surface area (Å²) in [7, 11) is 0. The molecule has 0 aliphatic carbocycles. The van der Waals surface area contributed by atoms with Crippen molar-refractivity contribution in [3.8, 4) is 0 Å². The molecular formula is C11H12FNO. The molecule has 0 spiro atoms. The molecule has 2 rings (SSSR count). The molecule has 1 aliphatic heterocycles. The average Bonchev–Trinajstić information content (AvgIpc) is 2.23. The van der Waals surface area contributed by atoms with Crippen LogP contribution in [0.25, 0.3) is 5.57 Å². The van der Waals surface area contributed by atoms with Crippen LogP contribution < -0.4 is 5.73 Å². The second-order valence-corrected chi connectivity index (χ2v) is 3.26. The molecule has 1 aliphatic rings. The molecule has 0 unspecified atom stereocenters. The predicted octanol–water partition coefficient (Wildman–Crippen LogP) is 2.21. The van der Waals surface area contributed by atoms with Crippen molar-refractivity contribution in [2.24, 2.45) is 0 Å². The summed E-state index contributed by atoms with van der Waals surface area (Å²) >= 11 is 0. The Balaban J connectivity index is 2.40. The molecule has 2 N–H and O–H groups in total. The highest BCUT2D eigenvalue weighted by Crippen LogP contribution is 2.26. The number of hydrogen-bond donors (Lipinski definition) is 1. The average molecular weight is 193 g/mol. The molecule has 1 heterocycles. The molecule has 74 valence electrons. The van der Waals surface area contributed by atoms with Crippen molar-refractivity contribution in [3.63, 3.8) is 0 Å². The summed E-state index contributed by atoms with van der Waals surface area (Å²) in [6.07, 6.45) is 2.65. The Bertz CT molecular complexity index is 374. The first-order valence-electron chi connectivity index (χ1n) is 4.60. The zero-order valence-corrected chi connectivity index (χ0v) is 7.79. The summed E-state index contributed by atoms with van der Waals surface area (Å²) in [5, 5.41) is 0. The normalized spacial score (nSPS) is 16.5. The molecule has 0 atom stereocenters. The number of nitrogen functional groups attached to an aromatic ring is 1. The highest BCUT2D eigenvalue weighted by Gasteiger charge is 2.12. The zero-order chi connectivity index (χ0) is 9.97. The van der Waals surface area contributed by atoms with E-state index in [2.05, 4.69) is 0 Å². The van der Waals surface area contributed by atoms with E-state index in [9.17, 15) is 4.39 Å². The number of nitrogens with two attached hydrogens (primary N) is 1. The highest BCUT2D eigenvalue weighted by molar-refractivity contribution is 5.69. The first-order chi connectivity index (χ1) is 6.79. The Kier molecular flexibility index (Phi) is 2.50. The Labute approximate surface area is 82.2 Å². The van der Waals surface area contributed by atoms with E-state index in [1.807, 2.05) is 6.08 Å². The van der Waals surface area contributed by atoms with Gasteiger partial charge in [0.2, 0.25) is 0 Å². The van der Waals surface area contributed by atoms with E-state index in [1.54, 1.807) is 18.2 Å². The SMILES string of the molecule is Nc1cccc(C2=CCOCC2)c1F. The van der Waals surface area contributed by atoms with E-state index in [-0.39, 0.29) is 11.5 Å². The fourth-order valence-electron chi connectivity index (χ4n) is 1.57. The van der Waals surface area contributed by atoms with Crippen molar-refractivity contribution in [1.82, 2.24) is 0 Å². The monoisotopic (exact) mass is 193 g/mol. The molecule has 0 fully saturated rings. The van der Waals surface area contributed by atoms with Crippen LogP contribution in [0, 0.1) is 5.82 Å². The quantitative estimate of drug-likeness (QED) is 0.694. The zero-order valence-electron chi connectivity index (χ0n) is 7.79. The number of rotatable bonds is 1. The summed E-state index contributed by atoms with van der Waals surface area (Å²) in [4.78, 5) is 0. The maximum absolute atomic E-state index is 13.6. The van der Waals surface area contributed by atoms with Gasteiger partial charge in [0.15, 0.2) is 5.82 Å². The van der Waals surface area contributed by atoms with Crippen molar-refractivity contribution in [2.45, 2.75) is 6.42 Å². The van der Waals surface area contributed by atoms with E-state index >= 15 is 0 Å². The van der Waals surface area contributed by atoms with Gasteiger partial charge in [-0.3, -0.25) is 0 Å². The summed E-state index contributed by atoms with van der Waals surface area (Å²) in [6.45, 7) is 1.21. The Morgan fingerprint density at radius 2 is 2.21 bits per heavy atom. The van der Waals surface area contributed by atoms with Crippen molar-refractivity contribution >= 4 is 11.3 Å². The van der Waals surface area contributed by atoms with Gasteiger partial charge in [-0.1, -0.05) is 18.2 Å². The minimum Gasteiger partial charge on any atom is -0.396 e. The summed E-state index contributed by atoms with van der Waals surface area (Å²) < 4.78 is 18.7. The standard InChI is InChI=1S/C11H12FNO/c12-11-9(2-1-3-10(11)13)8-4-6-14-7-5-8/h1-4H,5-7,13H2. The molecule has 0 saturated carbocycles. The van der Waals surface area contributed by atoms with Crippen LogP contribution in [0.1, 0.15) is 12.0 Å². The van der Waals surface area contributed by atoms with Crippen LogP contribution in [-0.2, 0) is 4.74 Å². The molecule has 0 bridgehead atoms. The van der Waals surface area contributed by atoms with Crippen LogP contribution in [0.3, 0.4) is 0 Å². The Morgan fingerprint density at radius 3 is 2.93 bits per heavy atom. The smallest absolute Gasteiger partial charge is 0.153 e. The van der Waals surface area contributed by atoms with Gasteiger partial charge in [0.1, 0.15) is 0 Å². The van der Waals surface area contributed by atoms with E-state index in [4.69, 9.17) is 10.5 Å². The molecular weight excluding hydrogens is 181 g/mol. The molecule has 3 heteroatoms. The fraction of sp³-hybridized carbons (Fsp3) is 0.273. The van der Waals surface area contributed by atoms with Gasteiger partial charge in [-0.2, -0.15) is 0 Å². The van der Waals surface area contributed by atoms with Gasteiger partial charge in [0, 0.05) is 5.56 Å².